The minimum Gasteiger partial charge on any atom is -0.466 e. The summed E-state index contributed by atoms with van der Waals surface area (Å²) < 4.78 is 79.9. The molecule has 13 heteroatoms. The summed E-state index contributed by atoms with van der Waals surface area (Å²) in [4.78, 5) is 25.7. The summed E-state index contributed by atoms with van der Waals surface area (Å²) in [7, 11) is 0.907. The van der Waals surface area contributed by atoms with Crippen LogP contribution in [0.5, 0.6) is 0 Å². The van der Waals surface area contributed by atoms with Crippen molar-refractivity contribution in [3.05, 3.63) is 56.6 Å². The molecule has 1 atom stereocenters. The molecule has 2 rings (SSSR count). The van der Waals surface area contributed by atoms with Gasteiger partial charge in [-0.1, -0.05) is 43.5 Å². The molecule has 1 aromatic rings. The summed E-state index contributed by atoms with van der Waals surface area (Å²) in [6.07, 6.45) is -5.92. The first kappa shape index (κ1) is 27.6. The van der Waals surface area contributed by atoms with Crippen LogP contribution in [0.15, 0.2) is 34.7 Å². The highest BCUT2D eigenvalue weighted by molar-refractivity contribution is 9.24. The van der Waals surface area contributed by atoms with Crippen LogP contribution in [0.2, 0.25) is 5.02 Å². The van der Waals surface area contributed by atoms with Gasteiger partial charge in [0.1, 0.15) is 16.2 Å². The number of dihydropyridines is 1. The Morgan fingerprint density at radius 1 is 1.18 bits per heavy atom. The Morgan fingerprint density at radius 2 is 1.79 bits per heavy atom. The van der Waals surface area contributed by atoms with Gasteiger partial charge in [-0.25, -0.2) is 18.4 Å². The second kappa shape index (κ2) is 10.7. The maximum absolute atomic E-state index is 15.1. The lowest BCUT2D eigenvalue weighted by molar-refractivity contribution is -0.144. The molecule has 0 aliphatic carbocycles. The fraction of sp³-hybridized carbons (Fsp3) is 0.400. The highest BCUT2D eigenvalue weighted by Crippen LogP contribution is 2.48. The van der Waals surface area contributed by atoms with Crippen molar-refractivity contribution in [3.63, 3.8) is 0 Å². The molecular weight excluding hydrogens is 608 g/mol. The first-order valence-corrected chi connectivity index (χ1v) is 11.4. The van der Waals surface area contributed by atoms with E-state index >= 15 is 4.39 Å². The minimum absolute atomic E-state index is 0.182. The number of halogens is 8. The average Bonchev–Trinajstić information content (AvgIpc) is 2.71. The van der Waals surface area contributed by atoms with Crippen LogP contribution in [0.3, 0.4) is 0 Å². The summed E-state index contributed by atoms with van der Waals surface area (Å²) in [5, 5.41) is 1.64. The average molecular weight is 626 g/mol. The van der Waals surface area contributed by atoms with E-state index in [0.29, 0.717) is 12.1 Å². The molecule has 0 fully saturated rings. The number of ether oxygens (including phenoxy) is 2. The second-order valence-electron chi connectivity index (χ2n) is 6.97. The van der Waals surface area contributed by atoms with Gasteiger partial charge in [0.2, 0.25) is 0 Å². The number of hydrogen-bond donors (Lipinski definition) is 1. The normalized spacial score (nSPS) is 16.9. The Labute approximate surface area is 207 Å². The zero-order valence-electron chi connectivity index (χ0n) is 17.3. The van der Waals surface area contributed by atoms with E-state index in [-0.39, 0.29) is 5.70 Å². The zero-order valence-corrected chi connectivity index (χ0v) is 21.2. The number of methoxy groups -OCH3 is 1. The molecule has 1 heterocycles. The summed E-state index contributed by atoms with van der Waals surface area (Å²) in [6.45, 7) is 1.59. The molecule has 182 valence electrons. The predicted molar refractivity (Wildman–Crippen MR) is 117 cm³/mol. The van der Waals surface area contributed by atoms with Crippen LogP contribution in [0.4, 0.5) is 22.0 Å². The standard InChI is InChI=1S/C20H17Br2ClF5NO4/c1-7(2)33-19(31)14-13(11-9(25)5-4-8(23)15(11)20(26,27)28)12(18(30)32-3)10(6-24)29-16(14)17(21)22/h4-5,7,13,17,29H,6H2,1-3H3. The van der Waals surface area contributed by atoms with E-state index in [9.17, 15) is 27.2 Å². The Morgan fingerprint density at radius 3 is 2.24 bits per heavy atom. The van der Waals surface area contributed by atoms with Gasteiger partial charge < -0.3 is 14.8 Å². The van der Waals surface area contributed by atoms with Gasteiger partial charge in [-0.05, 0) is 26.0 Å². The number of benzene rings is 1. The van der Waals surface area contributed by atoms with Crippen LogP contribution in [-0.4, -0.2) is 35.6 Å². The molecule has 1 N–H and O–H groups in total. The van der Waals surface area contributed by atoms with E-state index in [1.807, 2.05) is 0 Å². The van der Waals surface area contributed by atoms with E-state index in [2.05, 4.69) is 41.9 Å². The predicted octanol–water partition coefficient (Wildman–Crippen LogP) is 5.90. The quantitative estimate of drug-likeness (QED) is 0.242. The van der Waals surface area contributed by atoms with Crippen LogP contribution in [-0.2, 0) is 25.2 Å². The number of nitrogens with one attached hydrogen (secondary N) is 1. The van der Waals surface area contributed by atoms with Crippen molar-refractivity contribution in [2.45, 2.75) is 35.8 Å². The molecule has 1 aliphatic rings. The molecule has 1 aliphatic heterocycles. The minimum atomic E-state index is -5.19. The van der Waals surface area contributed by atoms with Crippen molar-refractivity contribution in [2.24, 2.45) is 0 Å². The third-order valence-electron chi connectivity index (χ3n) is 4.51. The SMILES string of the molecule is COC(=O)C1=C(CF)NC(C(Br)Br)=C(C(=O)OC(C)C)C1c1c(F)ccc(Cl)c1C(F)(F)F. The highest BCUT2D eigenvalue weighted by Gasteiger charge is 2.47. The Bertz CT molecular complexity index is 1020. The van der Waals surface area contributed by atoms with Crippen molar-refractivity contribution < 1.29 is 41.0 Å². The number of carbonyl (C=O) groups excluding carboxylic acids is 2. The molecule has 33 heavy (non-hydrogen) atoms. The summed E-state index contributed by atoms with van der Waals surface area (Å²) in [6, 6.07) is 1.35. The van der Waals surface area contributed by atoms with Crippen molar-refractivity contribution in [2.75, 3.05) is 13.8 Å². The van der Waals surface area contributed by atoms with Crippen LogP contribution >= 0.6 is 43.5 Å². The maximum atomic E-state index is 15.1. The third kappa shape index (κ3) is 5.71. The van der Waals surface area contributed by atoms with Gasteiger partial charge in [0.15, 0.2) is 0 Å². The molecule has 5 nitrogen and oxygen atoms in total. The van der Waals surface area contributed by atoms with E-state index in [1.165, 1.54) is 13.8 Å². The molecule has 1 aromatic carbocycles. The topological polar surface area (TPSA) is 64.6 Å². The van der Waals surface area contributed by atoms with Gasteiger partial charge >= 0.3 is 18.1 Å². The Balaban J connectivity index is 3.08. The smallest absolute Gasteiger partial charge is 0.418 e. The van der Waals surface area contributed by atoms with Gasteiger partial charge in [-0.2, -0.15) is 13.2 Å². The molecule has 0 spiro atoms. The molecule has 1 unspecified atom stereocenters. The van der Waals surface area contributed by atoms with Crippen LogP contribution in [0.25, 0.3) is 0 Å². The first-order chi connectivity index (χ1) is 15.3. The Kier molecular flexibility index (Phi) is 8.97. The molecule has 0 bridgehead atoms. The van der Waals surface area contributed by atoms with Crippen LogP contribution < -0.4 is 5.32 Å². The lowest BCUT2D eigenvalue weighted by Crippen LogP contribution is -2.37. The van der Waals surface area contributed by atoms with E-state index in [4.69, 9.17) is 16.3 Å². The number of allylic oxidation sites excluding steroid dienone is 2. The number of esters is 2. The van der Waals surface area contributed by atoms with Crippen molar-refractivity contribution in [3.8, 4) is 0 Å². The van der Waals surface area contributed by atoms with E-state index in [0.717, 1.165) is 7.11 Å². The lowest BCUT2D eigenvalue weighted by Gasteiger charge is -2.34. The van der Waals surface area contributed by atoms with Gasteiger partial charge in [0, 0.05) is 5.56 Å². The van der Waals surface area contributed by atoms with Crippen molar-refractivity contribution in [1.29, 1.82) is 0 Å². The molecule has 0 aromatic heterocycles. The summed E-state index contributed by atoms with van der Waals surface area (Å²) >= 11 is 12.0. The summed E-state index contributed by atoms with van der Waals surface area (Å²) in [5.74, 6) is -5.91. The van der Waals surface area contributed by atoms with E-state index in [1.54, 1.807) is 0 Å². The van der Waals surface area contributed by atoms with Crippen LogP contribution in [0, 0.1) is 5.82 Å². The third-order valence-corrected chi connectivity index (χ3v) is 5.74. The first-order valence-electron chi connectivity index (χ1n) is 9.18. The largest absolute Gasteiger partial charge is 0.466 e. The van der Waals surface area contributed by atoms with Gasteiger partial charge in [0.05, 0.1) is 52.3 Å². The number of alkyl halides is 6. The van der Waals surface area contributed by atoms with Gasteiger partial charge in [-0.3, -0.25) is 0 Å². The lowest BCUT2D eigenvalue weighted by atomic mass is 9.78. The number of carbonyl (C=O) groups is 2. The van der Waals surface area contributed by atoms with E-state index < -0.39 is 79.4 Å². The Hall–Kier alpha value is -1.66. The fourth-order valence-corrected chi connectivity index (χ4v) is 4.33. The molecule has 0 saturated carbocycles. The number of hydrogen-bond acceptors (Lipinski definition) is 5. The highest BCUT2D eigenvalue weighted by atomic mass is 79.9. The van der Waals surface area contributed by atoms with Gasteiger partial charge in [0.25, 0.3) is 0 Å². The molecule has 0 amide bonds. The summed E-state index contributed by atoms with van der Waals surface area (Å²) in [5.41, 5.74) is -4.75. The fourth-order valence-electron chi connectivity index (χ4n) is 3.33. The van der Waals surface area contributed by atoms with Gasteiger partial charge in [-0.15, -0.1) is 0 Å². The molecule has 0 radical (unpaired) electrons. The number of rotatable bonds is 6. The molecule has 0 saturated heterocycles. The van der Waals surface area contributed by atoms with Crippen LogP contribution in [0.1, 0.15) is 30.9 Å². The maximum Gasteiger partial charge on any atom is 0.418 e. The monoisotopic (exact) mass is 623 g/mol. The van der Waals surface area contributed by atoms with Crippen molar-refractivity contribution >= 4 is 55.4 Å². The zero-order chi connectivity index (χ0) is 25.2. The van der Waals surface area contributed by atoms with Crippen molar-refractivity contribution in [1.82, 2.24) is 5.32 Å². The molecular formula is C20H17Br2ClF5NO4. The second-order valence-corrected chi connectivity index (χ2v) is 10.4.